The largest absolute Gasteiger partial charge is 0.391 e. The third-order valence-corrected chi connectivity index (χ3v) is 5.57. The Labute approximate surface area is 150 Å². The maximum absolute atomic E-state index is 12.1. The van der Waals surface area contributed by atoms with Gasteiger partial charge in [-0.15, -0.1) is 0 Å². The third kappa shape index (κ3) is 5.19. The van der Waals surface area contributed by atoms with Crippen molar-refractivity contribution in [1.82, 2.24) is 10.2 Å². The average Bonchev–Trinajstić information content (AvgIpc) is 2.63. The fourth-order valence-corrected chi connectivity index (χ4v) is 4.13. The number of likely N-dealkylation sites (tertiary alicyclic amines) is 1. The van der Waals surface area contributed by atoms with E-state index >= 15 is 0 Å². The molecule has 3 unspecified atom stereocenters. The van der Waals surface area contributed by atoms with Crippen molar-refractivity contribution in [2.24, 2.45) is 5.92 Å². The lowest BCUT2D eigenvalue weighted by Gasteiger charge is -2.42. The minimum Gasteiger partial charge on any atom is -0.391 e. The number of hydrogen-bond donors (Lipinski definition) is 3. The molecule has 0 spiro atoms. The fourth-order valence-electron chi connectivity index (χ4n) is 4.13. The molecule has 3 atom stereocenters. The maximum atomic E-state index is 12.1. The van der Waals surface area contributed by atoms with Crippen LogP contribution in [0.4, 0.5) is 10.5 Å². The summed E-state index contributed by atoms with van der Waals surface area (Å²) in [7, 11) is 0. The van der Waals surface area contributed by atoms with Crippen molar-refractivity contribution in [1.29, 1.82) is 0 Å². The summed E-state index contributed by atoms with van der Waals surface area (Å²) in [5.41, 5.74) is 2.00. The van der Waals surface area contributed by atoms with Gasteiger partial charge >= 0.3 is 6.03 Å². The third-order valence-electron chi connectivity index (χ3n) is 5.57. The van der Waals surface area contributed by atoms with Gasteiger partial charge < -0.3 is 15.7 Å². The molecule has 138 valence electrons. The van der Waals surface area contributed by atoms with Crippen LogP contribution in [0, 0.1) is 12.8 Å². The zero-order valence-electron chi connectivity index (χ0n) is 15.2. The molecule has 0 aromatic heterocycles. The van der Waals surface area contributed by atoms with Crippen LogP contribution >= 0.6 is 0 Å². The Morgan fingerprint density at radius 2 is 1.92 bits per heavy atom. The number of carbonyl (C=O) groups is 1. The minimum absolute atomic E-state index is 0.140. The second-order valence-electron chi connectivity index (χ2n) is 7.62. The van der Waals surface area contributed by atoms with Gasteiger partial charge in [0.05, 0.1) is 6.10 Å². The minimum atomic E-state index is -0.176. The molecule has 1 aliphatic carbocycles. The van der Waals surface area contributed by atoms with E-state index in [1.165, 1.54) is 12.0 Å². The summed E-state index contributed by atoms with van der Waals surface area (Å²) in [5.74, 6) is 0.464. The summed E-state index contributed by atoms with van der Waals surface area (Å²) >= 11 is 0. The van der Waals surface area contributed by atoms with Gasteiger partial charge in [-0.2, -0.15) is 0 Å². The zero-order chi connectivity index (χ0) is 17.6. The van der Waals surface area contributed by atoms with Crippen LogP contribution in [0.1, 0.15) is 44.1 Å². The molecule has 1 aromatic carbocycles. The lowest BCUT2D eigenvalue weighted by atomic mass is 9.88. The molecule has 1 aromatic rings. The summed E-state index contributed by atoms with van der Waals surface area (Å²) < 4.78 is 0. The van der Waals surface area contributed by atoms with Gasteiger partial charge in [0.15, 0.2) is 0 Å². The number of hydrogen-bond acceptors (Lipinski definition) is 3. The first-order valence-electron chi connectivity index (χ1n) is 9.65. The van der Waals surface area contributed by atoms with E-state index in [-0.39, 0.29) is 12.1 Å². The van der Waals surface area contributed by atoms with Gasteiger partial charge in [-0.3, -0.25) is 4.90 Å². The molecule has 1 aliphatic heterocycles. The number of aryl methyl sites for hydroxylation is 1. The van der Waals surface area contributed by atoms with Gasteiger partial charge in [-0.05, 0) is 57.2 Å². The van der Waals surface area contributed by atoms with Crippen molar-refractivity contribution >= 4 is 11.7 Å². The van der Waals surface area contributed by atoms with E-state index in [9.17, 15) is 9.90 Å². The summed E-state index contributed by atoms with van der Waals surface area (Å²) in [6.45, 7) is 4.78. The molecule has 1 saturated heterocycles. The highest BCUT2D eigenvalue weighted by Gasteiger charge is 2.32. The smallest absolute Gasteiger partial charge is 0.319 e. The topological polar surface area (TPSA) is 64.6 Å². The van der Waals surface area contributed by atoms with Crippen molar-refractivity contribution in [2.75, 3.05) is 25.0 Å². The molecule has 1 saturated carbocycles. The molecular weight excluding hydrogens is 314 g/mol. The molecule has 1 heterocycles. The molecule has 0 radical (unpaired) electrons. The Balaban J connectivity index is 1.44. The zero-order valence-corrected chi connectivity index (χ0v) is 15.2. The van der Waals surface area contributed by atoms with E-state index < -0.39 is 0 Å². The standard InChI is InChI=1S/C20H31N3O2/c1-15-8-10-17(11-9-15)22-20(25)21-13-16-5-4-12-23(14-16)18-6-2-3-7-19(18)24/h8-11,16,18-19,24H,2-7,12-14H2,1H3,(H2,21,22,25). The van der Waals surface area contributed by atoms with Crippen molar-refractivity contribution in [3.05, 3.63) is 29.8 Å². The average molecular weight is 345 g/mol. The first-order valence-corrected chi connectivity index (χ1v) is 9.65. The van der Waals surface area contributed by atoms with Crippen LogP contribution in [0.15, 0.2) is 24.3 Å². The van der Waals surface area contributed by atoms with Crippen molar-refractivity contribution in [2.45, 2.75) is 57.6 Å². The van der Waals surface area contributed by atoms with Gasteiger partial charge in [0.2, 0.25) is 0 Å². The molecule has 5 heteroatoms. The summed E-state index contributed by atoms with van der Waals surface area (Å²) in [4.78, 5) is 14.6. The van der Waals surface area contributed by atoms with Gasteiger partial charge in [0.25, 0.3) is 0 Å². The lowest BCUT2D eigenvalue weighted by Crippen LogP contribution is -2.51. The number of carbonyl (C=O) groups excluding carboxylic acids is 1. The fraction of sp³-hybridized carbons (Fsp3) is 0.650. The number of nitrogens with one attached hydrogen (secondary N) is 2. The van der Waals surface area contributed by atoms with E-state index in [1.54, 1.807) is 0 Å². The Morgan fingerprint density at radius 1 is 1.16 bits per heavy atom. The summed E-state index contributed by atoms with van der Waals surface area (Å²) in [6.07, 6.45) is 6.53. The Bertz CT molecular complexity index is 561. The molecule has 3 N–H and O–H groups in total. The molecule has 0 bridgehead atoms. The number of rotatable bonds is 4. The van der Waals surface area contributed by atoms with Gasteiger partial charge in [0, 0.05) is 24.8 Å². The molecule has 25 heavy (non-hydrogen) atoms. The van der Waals surface area contributed by atoms with Gasteiger partial charge in [-0.1, -0.05) is 30.5 Å². The van der Waals surface area contributed by atoms with Crippen molar-refractivity contribution in [3.8, 4) is 0 Å². The van der Waals surface area contributed by atoms with Crippen LogP contribution < -0.4 is 10.6 Å². The van der Waals surface area contributed by atoms with Crippen LogP contribution in [0.3, 0.4) is 0 Å². The number of aliphatic hydroxyl groups excluding tert-OH is 1. The van der Waals surface area contributed by atoms with E-state index in [0.29, 0.717) is 18.5 Å². The van der Waals surface area contributed by atoms with Crippen LogP contribution in [0.2, 0.25) is 0 Å². The van der Waals surface area contributed by atoms with Crippen LogP contribution in [0.25, 0.3) is 0 Å². The Morgan fingerprint density at radius 3 is 2.68 bits per heavy atom. The Hall–Kier alpha value is -1.59. The maximum Gasteiger partial charge on any atom is 0.319 e. The van der Waals surface area contributed by atoms with Crippen molar-refractivity contribution < 1.29 is 9.90 Å². The number of benzene rings is 1. The van der Waals surface area contributed by atoms with Crippen LogP contribution in [-0.4, -0.2) is 47.8 Å². The van der Waals surface area contributed by atoms with E-state index in [4.69, 9.17) is 0 Å². The second-order valence-corrected chi connectivity index (χ2v) is 7.62. The molecule has 5 nitrogen and oxygen atoms in total. The van der Waals surface area contributed by atoms with Crippen molar-refractivity contribution in [3.63, 3.8) is 0 Å². The normalized spacial score (nSPS) is 27.7. The number of anilines is 1. The van der Waals surface area contributed by atoms with Gasteiger partial charge in [0.1, 0.15) is 0 Å². The number of amides is 2. The number of nitrogens with zero attached hydrogens (tertiary/aromatic N) is 1. The quantitative estimate of drug-likeness (QED) is 0.785. The molecular formula is C20H31N3O2. The number of piperidine rings is 1. The molecule has 2 fully saturated rings. The number of aliphatic hydroxyl groups is 1. The highest BCUT2D eigenvalue weighted by Crippen LogP contribution is 2.27. The van der Waals surface area contributed by atoms with Crippen LogP contribution in [0.5, 0.6) is 0 Å². The highest BCUT2D eigenvalue weighted by molar-refractivity contribution is 5.89. The SMILES string of the molecule is Cc1ccc(NC(=O)NCC2CCCN(C3CCCCC3O)C2)cc1. The van der Waals surface area contributed by atoms with E-state index in [1.807, 2.05) is 31.2 Å². The molecule has 2 aliphatic rings. The van der Waals surface area contributed by atoms with Crippen LogP contribution in [-0.2, 0) is 0 Å². The first-order chi connectivity index (χ1) is 12.1. The monoisotopic (exact) mass is 345 g/mol. The lowest BCUT2D eigenvalue weighted by molar-refractivity contribution is 0.000613. The summed E-state index contributed by atoms with van der Waals surface area (Å²) in [5, 5.41) is 16.2. The molecule has 3 rings (SSSR count). The Kier molecular flexibility index (Phi) is 6.32. The number of urea groups is 1. The predicted octanol–water partition coefficient (Wildman–Crippen LogP) is 3.13. The van der Waals surface area contributed by atoms with E-state index in [0.717, 1.165) is 50.9 Å². The van der Waals surface area contributed by atoms with Gasteiger partial charge in [-0.25, -0.2) is 4.79 Å². The summed E-state index contributed by atoms with van der Waals surface area (Å²) in [6, 6.07) is 7.99. The predicted molar refractivity (Wildman–Crippen MR) is 101 cm³/mol. The van der Waals surface area contributed by atoms with E-state index in [2.05, 4.69) is 15.5 Å². The molecule has 2 amide bonds. The highest BCUT2D eigenvalue weighted by atomic mass is 16.3. The first kappa shape index (κ1) is 18.2. The second kappa shape index (κ2) is 8.68.